The van der Waals surface area contributed by atoms with Gasteiger partial charge in [-0.15, -0.1) is 4.68 Å². The van der Waals surface area contributed by atoms with Gasteiger partial charge >= 0.3 is 0 Å². The molecule has 16 heavy (non-hydrogen) atoms. The highest BCUT2D eigenvalue weighted by molar-refractivity contribution is 5.67. The van der Waals surface area contributed by atoms with Crippen molar-refractivity contribution < 1.29 is 14.9 Å². The van der Waals surface area contributed by atoms with Crippen LogP contribution < -0.4 is 10.4 Å². The zero-order valence-corrected chi connectivity index (χ0v) is 9.31. The number of hydrogen-bond acceptors (Lipinski definition) is 3. The van der Waals surface area contributed by atoms with Gasteiger partial charge in [-0.3, -0.25) is 0 Å². The minimum absolute atomic E-state index is 0.184. The van der Waals surface area contributed by atoms with Gasteiger partial charge in [0.05, 0.1) is 11.8 Å². The van der Waals surface area contributed by atoms with Gasteiger partial charge in [-0.25, -0.2) is 0 Å². The normalized spacial score (nSPS) is 9.44. The van der Waals surface area contributed by atoms with Crippen molar-refractivity contribution in [2.75, 3.05) is 12.8 Å². The lowest BCUT2D eigenvalue weighted by Crippen LogP contribution is -2.27. The molecule has 5 nitrogen and oxygen atoms in total. The number of anilines is 1. The van der Waals surface area contributed by atoms with Gasteiger partial charge in [-0.1, -0.05) is 0 Å². The van der Waals surface area contributed by atoms with E-state index in [0.717, 1.165) is 18.2 Å². The van der Waals surface area contributed by atoms with E-state index in [1.165, 1.54) is 6.07 Å². The number of nitrogens with zero attached hydrogens (tertiary/aromatic N) is 1. The van der Waals surface area contributed by atoms with Gasteiger partial charge in [-0.05, 0) is 17.7 Å². The van der Waals surface area contributed by atoms with Crippen LogP contribution in [0.5, 0.6) is 5.75 Å². The molecule has 1 aromatic heterocycles. The largest absolute Gasteiger partial charge is 0.508 e. The first-order valence-corrected chi connectivity index (χ1v) is 4.74. The molecule has 0 saturated carbocycles. The van der Waals surface area contributed by atoms with Gasteiger partial charge < -0.3 is 15.9 Å². The van der Waals surface area contributed by atoms with Crippen LogP contribution in [-0.4, -0.2) is 22.4 Å². The molecular formula is C11H16N3O2+. The van der Waals surface area contributed by atoms with Crippen molar-refractivity contribution >= 4 is 5.69 Å². The van der Waals surface area contributed by atoms with Crippen LogP contribution in [0.2, 0.25) is 0 Å². The summed E-state index contributed by atoms with van der Waals surface area (Å²) < 4.78 is 1.83. The molecule has 5 heteroatoms. The Bertz CT molecular complexity index is 446. The molecule has 0 fully saturated rings. The average Bonchev–Trinajstić information content (AvgIpc) is 2.66. The number of phenols is 1. The van der Waals surface area contributed by atoms with Gasteiger partial charge in [0.15, 0.2) is 7.05 Å². The van der Waals surface area contributed by atoms with E-state index in [2.05, 4.69) is 5.10 Å². The number of nitrogens with two attached hydrogens (primary N) is 1. The zero-order chi connectivity index (χ0) is 12.1. The molecular weight excluding hydrogens is 206 g/mol. The van der Waals surface area contributed by atoms with Crippen molar-refractivity contribution in [3.8, 4) is 16.9 Å². The van der Waals surface area contributed by atoms with E-state index in [1.807, 2.05) is 30.2 Å². The standard InChI is InChI=1S/C10H11N3O.CH4O/c1-13-6-8(5-12-13)7-2-9(11)4-10(14)3-7;1-2/h2-6,14H,11H2,1H3;2H,1H3/p+1. The Kier molecular flexibility index (Phi) is 3.90. The molecule has 1 aromatic carbocycles. The number of aliphatic hydroxyl groups is 1. The Morgan fingerprint density at radius 2 is 1.88 bits per heavy atom. The summed E-state index contributed by atoms with van der Waals surface area (Å²) in [5, 5.41) is 19.4. The van der Waals surface area contributed by atoms with E-state index < -0.39 is 0 Å². The first-order chi connectivity index (χ1) is 7.65. The summed E-state index contributed by atoms with van der Waals surface area (Å²) in [6.07, 6.45) is 3.78. The van der Waals surface area contributed by atoms with Gasteiger partial charge in [0.2, 0.25) is 6.20 Å². The minimum atomic E-state index is 0.184. The maximum atomic E-state index is 9.37. The summed E-state index contributed by atoms with van der Waals surface area (Å²) in [4.78, 5) is 0. The second-order valence-corrected chi connectivity index (χ2v) is 3.28. The van der Waals surface area contributed by atoms with Crippen molar-refractivity contribution in [2.24, 2.45) is 7.05 Å². The number of aromatic hydroxyl groups is 1. The molecule has 86 valence electrons. The lowest BCUT2D eigenvalue weighted by atomic mass is 10.1. The molecule has 0 saturated heterocycles. The van der Waals surface area contributed by atoms with Crippen LogP contribution in [0.3, 0.4) is 0 Å². The van der Waals surface area contributed by atoms with Crippen molar-refractivity contribution in [3.63, 3.8) is 0 Å². The quantitative estimate of drug-likeness (QED) is 0.416. The summed E-state index contributed by atoms with van der Waals surface area (Å²) in [7, 11) is 2.90. The van der Waals surface area contributed by atoms with Crippen LogP contribution in [0.25, 0.3) is 11.1 Å². The number of nitrogen functional groups attached to an aromatic ring is 1. The lowest BCUT2D eigenvalue weighted by Gasteiger charge is -1.99. The highest BCUT2D eigenvalue weighted by Gasteiger charge is 2.06. The van der Waals surface area contributed by atoms with Crippen LogP contribution >= 0.6 is 0 Å². The Labute approximate surface area is 93.8 Å². The number of aliphatic hydroxyl groups excluding tert-OH is 1. The van der Waals surface area contributed by atoms with Crippen LogP contribution in [-0.2, 0) is 7.05 Å². The number of phenolic OH excluding ortho intramolecular Hbond substituents is 1. The van der Waals surface area contributed by atoms with Crippen molar-refractivity contribution in [2.45, 2.75) is 0 Å². The smallest absolute Gasteiger partial charge is 0.202 e. The molecule has 2 rings (SSSR count). The number of aromatic nitrogens is 2. The van der Waals surface area contributed by atoms with Crippen LogP contribution in [0.1, 0.15) is 0 Å². The third-order valence-corrected chi connectivity index (χ3v) is 2.03. The molecule has 5 N–H and O–H groups in total. The molecule has 0 atom stereocenters. The summed E-state index contributed by atoms with van der Waals surface area (Å²) in [6.45, 7) is 0. The molecule has 1 heterocycles. The van der Waals surface area contributed by atoms with Crippen molar-refractivity contribution in [1.82, 2.24) is 5.10 Å². The summed E-state index contributed by atoms with van der Waals surface area (Å²) in [6, 6.07) is 5.03. The van der Waals surface area contributed by atoms with Crippen LogP contribution in [0.15, 0.2) is 30.6 Å². The fourth-order valence-electron chi connectivity index (χ4n) is 1.41. The molecule has 0 amide bonds. The predicted molar refractivity (Wildman–Crippen MR) is 61.6 cm³/mol. The van der Waals surface area contributed by atoms with E-state index in [1.54, 1.807) is 6.07 Å². The SMILES string of the molecule is CO.C[n+]1cc(-c2cc(N)cc(O)c2)c[nH]1. The van der Waals surface area contributed by atoms with Gasteiger partial charge in [0.25, 0.3) is 0 Å². The van der Waals surface area contributed by atoms with E-state index in [9.17, 15) is 5.11 Å². The summed E-state index contributed by atoms with van der Waals surface area (Å²) >= 11 is 0. The number of hydrogen-bond donors (Lipinski definition) is 4. The van der Waals surface area contributed by atoms with Gasteiger partial charge in [0, 0.05) is 18.9 Å². The van der Waals surface area contributed by atoms with E-state index in [-0.39, 0.29) is 5.75 Å². The number of aryl methyl sites for hydroxylation is 1. The van der Waals surface area contributed by atoms with Gasteiger partial charge in [0.1, 0.15) is 5.75 Å². The maximum Gasteiger partial charge on any atom is 0.202 e. The highest BCUT2D eigenvalue weighted by atomic mass is 16.3. The molecule has 0 aliphatic heterocycles. The second kappa shape index (κ2) is 5.18. The molecule has 2 aromatic rings. The zero-order valence-electron chi connectivity index (χ0n) is 9.31. The molecule has 0 unspecified atom stereocenters. The fourth-order valence-corrected chi connectivity index (χ4v) is 1.41. The molecule has 0 aliphatic carbocycles. The number of nitrogens with one attached hydrogen (secondary N) is 1. The van der Waals surface area contributed by atoms with E-state index in [4.69, 9.17) is 10.8 Å². The van der Waals surface area contributed by atoms with Crippen molar-refractivity contribution in [1.29, 1.82) is 0 Å². The van der Waals surface area contributed by atoms with Crippen LogP contribution in [0.4, 0.5) is 5.69 Å². The Morgan fingerprint density at radius 1 is 1.19 bits per heavy atom. The number of H-pyrrole nitrogens is 1. The highest BCUT2D eigenvalue weighted by Crippen LogP contribution is 2.25. The topological polar surface area (TPSA) is 86.2 Å². The van der Waals surface area contributed by atoms with Gasteiger partial charge in [-0.2, -0.15) is 5.10 Å². The summed E-state index contributed by atoms with van der Waals surface area (Å²) in [5.41, 5.74) is 8.08. The number of rotatable bonds is 1. The minimum Gasteiger partial charge on any atom is -0.508 e. The molecule has 0 aliphatic rings. The fraction of sp³-hybridized carbons (Fsp3) is 0.182. The molecule has 0 spiro atoms. The van der Waals surface area contributed by atoms with Crippen molar-refractivity contribution in [3.05, 3.63) is 30.6 Å². The molecule has 0 radical (unpaired) electrons. The van der Waals surface area contributed by atoms with E-state index in [0.29, 0.717) is 5.69 Å². The number of benzene rings is 1. The number of aromatic amines is 1. The van der Waals surface area contributed by atoms with Crippen LogP contribution in [0, 0.1) is 0 Å². The third kappa shape index (κ3) is 2.74. The summed E-state index contributed by atoms with van der Waals surface area (Å²) in [5.74, 6) is 0.184. The predicted octanol–water partition coefficient (Wildman–Crippen LogP) is 0.402. The second-order valence-electron chi connectivity index (χ2n) is 3.28. The average molecular weight is 222 g/mol. The Balaban J connectivity index is 0.000000606. The monoisotopic (exact) mass is 222 g/mol. The Morgan fingerprint density at radius 3 is 2.38 bits per heavy atom. The first-order valence-electron chi connectivity index (χ1n) is 4.74. The van der Waals surface area contributed by atoms with E-state index >= 15 is 0 Å². The maximum absolute atomic E-state index is 9.37. The molecule has 0 bridgehead atoms. The first kappa shape index (κ1) is 12.1. The Hall–Kier alpha value is -2.01. The third-order valence-electron chi connectivity index (χ3n) is 2.03. The lowest BCUT2D eigenvalue weighted by molar-refractivity contribution is -0.726.